The summed E-state index contributed by atoms with van der Waals surface area (Å²) in [5.74, 6) is -0.0847. The highest BCUT2D eigenvalue weighted by Crippen LogP contribution is 2.06. The number of para-hydroxylation sites is 1. The predicted octanol–water partition coefficient (Wildman–Crippen LogP) is 2.09. The molecule has 0 radical (unpaired) electrons. The Bertz CT molecular complexity index is 334. The van der Waals surface area contributed by atoms with Crippen LogP contribution >= 0.6 is 0 Å². The van der Waals surface area contributed by atoms with Gasteiger partial charge in [-0.15, -0.1) is 0 Å². The van der Waals surface area contributed by atoms with Crippen LogP contribution in [-0.2, 0) is 0 Å². The van der Waals surface area contributed by atoms with E-state index in [0.29, 0.717) is 0 Å². The van der Waals surface area contributed by atoms with Gasteiger partial charge in [0, 0.05) is 0 Å². The van der Waals surface area contributed by atoms with Gasteiger partial charge in [-0.2, -0.15) is 0 Å². The van der Waals surface area contributed by atoms with Crippen molar-refractivity contribution in [3.63, 3.8) is 0 Å². The maximum atomic E-state index is 7.44. The fourth-order valence-electron chi connectivity index (χ4n) is 0.455. The third kappa shape index (κ3) is 1.76. The lowest BCUT2D eigenvalue weighted by Crippen LogP contribution is -1.89. The minimum absolute atomic E-state index is 0.0847. The summed E-state index contributed by atoms with van der Waals surface area (Å²) in [6, 6.07) is -1.72. The molecule has 0 aliphatic rings. The highest BCUT2D eigenvalue weighted by molar-refractivity contribution is 5.20. The van der Waals surface area contributed by atoms with Gasteiger partial charge in [0.25, 0.3) is 0 Å². The van der Waals surface area contributed by atoms with Gasteiger partial charge in [-0.25, -0.2) is 0 Å². The summed E-state index contributed by atoms with van der Waals surface area (Å²) in [4.78, 5) is 0. The summed E-state index contributed by atoms with van der Waals surface area (Å²) in [7, 11) is 0. The summed E-state index contributed by atoms with van der Waals surface area (Å²) in [5.41, 5.74) is 0. The third-order valence-corrected chi connectivity index (χ3v) is 0.766. The molecule has 0 heterocycles. The molecule has 0 unspecified atom stereocenters. The first-order chi connectivity index (χ1) is 6.50. The first-order valence-corrected chi connectivity index (χ1v) is 2.70. The van der Waals surface area contributed by atoms with Crippen LogP contribution in [0.5, 0.6) is 5.75 Å². The second-order valence-electron chi connectivity index (χ2n) is 1.39. The monoisotopic (exact) mass is 127 g/mol. The average molecular weight is 127 g/mol. The van der Waals surface area contributed by atoms with Gasteiger partial charge in [0.05, 0.1) is 13.5 Å². The summed E-state index contributed by atoms with van der Waals surface area (Å²) >= 11 is 0. The second kappa shape index (κ2) is 3.13. The molecule has 1 rings (SSSR count). The van der Waals surface area contributed by atoms with Crippen molar-refractivity contribution >= 4 is 0 Å². The van der Waals surface area contributed by atoms with Crippen molar-refractivity contribution in [3.8, 4) is 5.75 Å². The molecule has 0 saturated carbocycles. The summed E-state index contributed by atoms with van der Waals surface area (Å²) in [5, 5.41) is 0. The molecule has 1 aromatic rings. The zero-order valence-corrected chi connectivity index (χ0v) is 5.12. The number of ether oxygens (including phenoxy) is 1. The summed E-state index contributed by atoms with van der Waals surface area (Å²) < 4.78 is 41.8. The normalized spacial score (nSPS) is 16.8. The summed E-state index contributed by atoms with van der Waals surface area (Å²) in [6.07, 6.45) is 0. The zero-order chi connectivity index (χ0) is 10.9. The molecule has 0 aliphatic heterocycles. The van der Waals surface area contributed by atoms with Crippen LogP contribution in [0.15, 0.2) is 30.2 Å². The van der Waals surface area contributed by atoms with Crippen LogP contribution in [0.2, 0.25) is 0 Å². The molecule has 0 spiro atoms. The molecule has 0 N–H and O–H groups in total. The van der Waals surface area contributed by atoms with Crippen LogP contribution in [-0.4, -0.2) is 6.61 Å². The molecular formula is C8H10O. The molecule has 0 aromatic heterocycles. The van der Waals surface area contributed by atoms with E-state index in [1.165, 1.54) is 0 Å². The van der Waals surface area contributed by atoms with E-state index in [4.69, 9.17) is 11.6 Å². The Morgan fingerprint density at radius 2 is 2.11 bits per heavy atom. The first kappa shape index (κ1) is 2.33. The molecule has 0 saturated heterocycles. The van der Waals surface area contributed by atoms with Crippen LogP contribution in [0.25, 0.3) is 0 Å². The van der Waals surface area contributed by atoms with E-state index in [9.17, 15) is 0 Å². The lowest BCUT2D eigenvalue weighted by Gasteiger charge is -1.99. The maximum Gasteiger partial charge on any atom is 0.119 e. The maximum absolute atomic E-state index is 7.44. The fraction of sp³-hybridized carbons (Fsp3) is 0.250. The highest BCUT2D eigenvalue weighted by atomic mass is 16.5. The SMILES string of the molecule is [2H]c1c([2H])c([2H])c(OCC)c([2H])c1[2H]. The van der Waals surface area contributed by atoms with Crippen molar-refractivity contribution in [1.82, 2.24) is 0 Å². The molecule has 0 aliphatic carbocycles. The molecule has 48 valence electrons. The molecule has 1 nitrogen and oxygen atoms in total. The van der Waals surface area contributed by atoms with Crippen molar-refractivity contribution in [3.05, 3.63) is 30.2 Å². The van der Waals surface area contributed by atoms with Gasteiger partial charge >= 0.3 is 0 Å². The predicted molar refractivity (Wildman–Crippen MR) is 37.6 cm³/mol. The Morgan fingerprint density at radius 1 is 1.44 bits per heavy atom. The standard InChI is InChI=1S/C8H10O/c1-2-9-8-6-4-3-5-7-8/h3-7H,2H2,1H3/i3D,4D,5D,6D,7D. The van der Waals surface area contributed by atoms with E-state index in [0.717, 1.165) is 0 Å². The van der Waals surface area contributed by atoms with Crippen molar-refractivity contribution in [2.45, 2.75) is 6.92 Å². The van der Waals surface area contributed by atoms with Crippen molar-refractivity contribution in [2.24, 2.45) is 0 Å². The van der Waals surface area contributed by atoms with E-state index >= 15 is 0 Å². The minimum Gasteiger partial charge on any atom is -0.494 e. The van der Waals surface area contributed by atoms with Gasteiger partial charge in [-0.3, -0.25) is 0 Å². The van der Waals surface area contributed by atoms with Crippen LogP contribution in [0.4, 0.5) is 0 Å². The van der Waals surface area contributed by atoms with E-state index in [1.807, 2.05) is 0 Å². The van der Waals surface area contributed by atoms with Crippen molar-refractivity contribution in [2.75, 3.05) is 6.61 Å². The van der Waals surface area contributed by atoms with Crippen molar-refractivity contribution in [1.29, 1.82) is 0 Å². The van der Waals surface area contributed by atoms with E-state index < -0.39 is 6.04 Å². The molecule has 0 fully saturated rings. The van der Waals surface area contributed by atoms with Gasteiger partial charge < -0.3 is 4.74 Å². The Kier molecular flexibility index (Phi) is 0.810. The van der Waals surface area contributed by atoms with Crippen LogP contribution in [0.3, 0.4) is 0 Å². The van der Waals surface area contributed by atoms with Crippen LogP contribution in [0.1, 0.15) is 13.8 Å². The molecule has 1 aromatic carbocycles. The van der Waals surface area contributed by atoms with Gasteiger partial charge in [0.2, 0.25) is 0 Å². The fourth-order valence-corrected chi connectivity index (χ4v) is 0.455. The Hall–Kier alpha value is -0.980. The quantitative estimate of drug-likeness (QED) is 0.591. The summed E-state index contributed by atoms with van der Waals surface area (Å²) in [6.45, 7) is 1.97. The Balaban J connectivity index is 3.43. The number of hydrogen-bond acceptors (Lipinski definition) is 1. The zero-order valence-electron chi connectivity index (χ0n) is 10.1. The van der Waals surface area contributed by atoms with Crippen LogP contribution in [0, 0.1) is 0 Å². The smallest absolute Gasteiger partial charge is 0.119 e. The Morgan fingerprint density at radius 3 is 2.67 bits per heavy atom. The average Bonchev–Trinajstić information content (AvgIpc) is 2.19. The minimum atomic E-state index is -0.400. The molecule has 0 amide bonds. The largest absolute Gasteiger partial charge is 0.494 e. The molecule has 0 atom stereocenters. The highest BCUT2D eigenvalue weighted by Gasteiger charge is 1.83. The first-order valence-electron chi connectivity index (χ1n) is 5.20. The van der Waals surface area contributed by atoms with E-state index in [2.05, 4.69) is 0 Å². The molecule has 0 bridgehead atoms. The third-order valence-electron chi connectivity index (χ3n) is 0.766. The lowest BCUT2D eigenvalue weighted by molar-refractivity contribution is 0.340. The molecule has 1 heteroatoms. The van der Waals surface area contributed by atoms with E-state index in [-0.39, 0.29) is 36.5 Å². The van der Waals surface area contributed by atoms with Gasteiger partial charge in [0.1, 0.15) is 5.75 Å². The van der Waals surface area contributed by atoms with Gasteiger partial charge in [0.15, 0.2) is 0 Å². The van der Waals surface area contributed by atoms with Gasteiger partial charge in [-0.05, 0) is 19.0 Å². The van der Waals surface area contributed by atoms with E-state index in [1.54, 1.807) is 6.92 Å². The molecule has 9 heavy (non-hydrogen) atoms. The van der Waals surface area contributed by atoms with Crippen molar-refractivity contribution < 1.29 is 11.6 Å². The number of benzene rings is 1. The number of rotatable bonds is 2. The van der Waals surface area contributed by atoms with Gasteiger partial charge in [-0.1, -0.05) is 18.1 Å². The molecular weight excluding hydrogens is 112 g/mol. The van der Waals surface area contributed by atoms with Crippen LogP contribution < -0.4 is 4.74 Å². The number of hydrogen-bond donors (Lipinski definition) is 0. The lowest BCUT2D eigenvalue weighted by atomic mass is 10.3. The Labute approximate surface area is 62.3 Å². The second-order valence-corrected chi connectivity index (χ2v) is 1.39. The topological polar surface area (TPSA) is 9.23 Å².